The molecule has 0 saturated carbocycles. The number of aryl methyl sites for hydroxylation is 1. The fraction of sp³-hybridized carbons (Fsp3) is 0.333. The third-order valence-corrected chi connectivity index (χ3v) is 5.52. The van der Waals surface area contributed by atoms with Crippen LogP contribution >= 0.6 is 0 Å². The number of halogens is 2. The van der Waals surface area contributed by atoms with Gasteiger partial charge >= 0.3 is 0 Å². The minimum atomic E-state index is -2.85. The van der Waals surface area contributed by atoms with Crippen LogP contribution in [0.5, 0.6) is 0 Å². The van der Waals surface area contributed by atoms with Gasteiger partial charge in [-0.2, -0.15) is 5.10 Å². The van der Waals surface area contributed by atoms with Crippen molar-refractivity contribution in [1.82, 2.24) is 19.7 Å². The molecule has 0 bridgehead atoms. The maximum absolute atomic E-state index is 13.8. The van der Waals surface area contributed by atoms with Crippen LogP contribution < -0.4 is 5.32 Å². The molecule has 1 amide bonds. The Morgan fingerprint density at radius 2 is 2.13 bits per heavy atom. The third kappa shape index (κ3) is 3.20. The van der Waals surface area contributed by atoms with Crippen molar-refractivity contribution in [3.8, 4) is 0 Å². The lowest BCUT2D eigenvalue weighted by molar-refractivity contribution is -0.0561. The molecule has 9 heteroatoms. The van der Waals surface area contributed by atoms with Crippen LogP contribution in [0.15, 0.2) is 41.5 Å². The van der Waals surface area contributed by atoms with E-state index in [1.54, 1.807) is 24.0 Å². The average Bonchev–Trinajstić information content (AvgIpc) is 3.28. The first-order valence-electron chi connectivity index (χ1n) is 9.81. The topological polar surface area (TPSA) is 75.4 Å². The molecule has 0 spiro atoms. The van der Waals surface area contributed by atoms with E-state index >= 15 is 0 Å². The summed E-state index contributed by atoms with van der Waals surface area (Å²) in [6.07, 6.45) is 1.83. The predicted octanol–water partition coefficient (Wildman–Crippen LogP) is 3.21. The molecule has 3 aromatic rings. The SMILES string of the molecule is Cn1nc(C(=O)N2CCCC(F)(F)C2)c2ccc(NC3=NCc4cccnc43)cc21. The lowest BCUT2D eigenvalue weighted by Gasteiger charge is -2.32. The van der Waals surface area contributed by atoms with Crippen LogP contribution in [0.1, 0.15) is 34.6 Å². The Morgan fingerprint density at radius 1 is 1.27 bits per heavy atom. The predicted molar refractivity (Wildman–Crippen MR) is 109 cm³/mol. The summed E-state index contributed by atoms with van der Waals surface area (Å²) in [5, 5.41) is 8.25. The molecule has 154 valence electrons. The van der Waals surface area contributed by atoms with E-state index in [-0.39, 0.29) is 18.5 Å². The summed E-state index contributed by atoms with van der Waals surface area (Å²) in [6, 6.07) is 9.36. The second kappa shape index (κ2) is 6.86. The average molecular weight is 410 g/mol. The number of nitrogens with zero attached hydrogens (tertiary/aromatic N) is 5. The first kappa shape index (κ1) is 18.7. The lowest BCUT2D eigenvalue weighted by Crippen LogP contribution is -2.45. The van der Waals surface area contributed by atoms with Gasteiger partial charge < -0.3 is 10.2 Å². The van der Waals surface area contributed by atoms with E-state index < -0.39 is 18.4 Å². The fourth-order valence-corrected chi connectivity index (χ4v) is 4.04. The van der Waals surface area contributed by atoms with Crippen molar-refractivity contribution in [3.05, 3.63) is 53.5 Å². The number of piperidine rings is 1. The van der Waals surface area contributed by atoms with E-state index in [9.17, 15) is 13.6 Å². The minimum Gasteiger partial charge on any atom is -0.339 e. The molecule has 0 unspecified atom stereocenters. The molecule has 2 aliphatic heterocycles. The van der Waals surface area contributed by atoms with E-state index in [0.29, 0.717) is 24.3 Å². The second-order valence-electron chi connectivity index (χ2n) is 7.69. The fourth-order valence-electron chi connectivity index (χ4n) is 4.04. The van der Waals surface area contributed by atoms with Gasteiger partial charge in [-0.3, -0.25) is 19.5 Å². The van der Waals surface area contributed by atoms with Crippen LogP contribution in [0.4, 0.5) is 14.5 Å². The Kier molecular flexibility index (Phi) is 4.27. The third-order valence-electron chi connectivity index (χ3n) is 5.52. The molecule has 30 heavy (non-hydrogen) atoms. The number of hydrogen-bond acceptors (Lipinski definition) is 5. The zero-order chi connectivity index (χ0) is 20.9. The Bertz CT molecular complexity index is 1190. The number of pyridine rings is 1. The number of rotatable bonds is 2. The number of anilines is 1. The van der Waals surface area contributed by atoms with Gasteiger partial charge in [-0.05, 0) is 30.7 Å². The monoisotopic (exact) mass is 410 g/mol. The number of fused-ring (bicyclic) bond motifs is 2. The van der Waals surface area contributed by atoms with Gasteiger partial charge in [0.1, 0.15) is 5.69 Å². The van der Waals surface area contributed by atoms with Crippen LogP contribution in [0.25, 0.3) is 10.9 Å². The van der Waals surface area contributed by atoms with Gasteiger partial charge in [0.2, 0.25) is 0 Å². The molecule has 0 aliphatic carbocycles. The Labute approximate surface area is 171 Å². The van der Waals surface area contributed by atoms with Crippen molar-refractivity contribution >= 4 is 28.3 Å². The van der Waals surface area contributed by atoms with E-state index in [1.165, 1.54) is 4.90 Å². The first-order valence-corrected chi connectivity index (χ1v) is 9.81. The van der Waals surface area contributed by atoms with Gasteiger partial charge in [-0.15, -0.1) is 0 Å². The minimum absolute atomic E-state index is 0.184. The summed E-state index contributed by atoms with van der Waals surface area (Å²) in [4.78, 5) is 23.0. The summed E-state index contributed by atoms with van der Waals surface area (Å²) >= 11 is 0. The standard InChI is InChI=1S/C21H20F2N6O/c1-28-16-10-14(26-19-17-13(11-25-19)4-2-8-24-17)5-6-15(16)18(27-28)20(30)29-9-3-7-21(22,23)12-29/h2,4-6,8,10H,3,7,9,11-12H2,1H3,(H,25,26). The van der Waals surface area contributed by atoms with Crippen molar-refractivity contribution in [1.29, 1.82) is 0 Å². The maximum atomic E-state index is 13.8. The number of nitrogens with one attached hydrogen (secondary N) is 1. The van der Waals surface area contributed by atoms with Gasteiger partial charge in [0, 0.05) is 42.8 Å². The van der Waals surface area contributed by atoms with Crippen molar-refractivity contribution < 1.29 is 13.6 Å². The highest BCUT2D eigenvalue weighted by atomic mass is 19.3. The Morgan fingerprint density at radius 3 is 2.97 bits per heavy atom. The van der Waals surface area contributed by atoms with Crippen LogP contribution in [0, 0.1) is 0 Å². The Hall–Kier alpha value is -3.36. The first-order chi connectivity index (χ1) is 14.4. The molecule has 5 rings (SSSR count). The molecule has 1 N–H and O–H groups in total. The largest absolute Gasteiger partial charge is 0.339 e. The smallest absolute Gasteiger partial charge is 0.275 e. The second-order valence-corrected chi connectivity index (χ2v) is 7.69. The number of carbonyl (C=O) groups is 1. The molecule has 1 aromatic carbocycles. The van der Waals surface area contributed by atoms with Gasteiger partial charge in [-0.1, -0.05) is 6.07 Å². The van der Waals surface area contributed by atoms with Crippen LogP contribution in [-0.2, 0) is 13.6 Å². The van der Waals surface area contributed by atoms with Crippen molar-refractivity contribution in [2.24, 2.45) is 12.0 Å². The number of aromatic nitrogens is 3. The van der Waals surface area contributed by atoms with E-state index in [2.05, 4.69) is 20.4 Å². The number of aliphatic imine (C=N–C) groups is 1. The van der Waals surface area contributed by atoms with Crippen LogP contribution in [0.2, 0.25) is 0 Å². The quantitative estimate of drug-likeness (QED) is 0.704. The number of likely N-dealkylation sites (tertiary alicyclic amines) is 1. The van der Waals surface area contributed by atoms with Gasteiger partial charge in [-0.25, -0.2) is 8.78 Å². The summed E-state index contributed by atoms with van der Waals surface area (Å²) < 4.78 is 29.1. The summed E-state index contributed by atoms with van der Waals surface area (Å²) in [6.45, 7) is 0.340. The number of amides is 1. The number of alkyl halides is 2. The van der Waals surface area contributed by atoms with Crippen LogP contribution in [-0.4, -0.2) is 50.4 Å². The molecule has 4 heterocycles. The molecule has 2 aliphatic rings. The van der Waals surface area contributed by atoms with E-state index in [4.69, 9.17) is 0 Å². The van der Waals surface area contributed by atoms with Crippen molar-refractivity contribution in [2.45, 2.75) is 25.3 Å². The highest BCUT2D eigenvalue weighted by molar-refractivity contribution is 6.11. The van der Waals surface area contributed by atoms with Gasteiger partial charge in [0.25, 0.3) is 11.8 Å². The summed E-state index contributed by atoms with van der Waals surface area (Å²) in [5.74, 6) is -2.61. The number of benzene rings is 1. The number of carbonyl (C=O) groups excluding carboxylic acids is 1. The lowest BCUT2D eigenvalue weighted by atomic mass is 10.1. The molecule has 0 atom stereocenters. The molecular weight excluding hydrogens is 390 g/mol. The summed E-state index contributed by atoms with van der Waals surface area (Å²) in [7, 11) is 1.73. The van der Waals surface area contributed by atoms with Gasteiger partial charge in [0.15, 0.2) is 11.5 Å². The molecular formula is C21H20F2N6O. The van der Waals surface area contributed by atoms with Crippen LogP contribution in [0.3, 0.4) is 0 Å². The zero-order valence-electron chi connectivity index (χ0n) is 16.4. The molecule has 1 saturated heterocycles. The molecule has 2 aromatic heterocycles. The zero-order valence-corrected chi connectivity index (χ0v) is 16.4. The van der Waals surface area contributed by atoms with E-state index in [0.717, 1.165) is 22.5 Å². The molecule has 0 radical (unpaired) electrons. The highest BCUT2D eigenvalue weighted by Gasteiger charge is 2.38. The Balaban J connectivity index is 1.43. The van der Waals surface area contributed by atoms with E-state index in [1.807, 2.05) is 24.3 Å². The van der Waals surface area contributed by atoms with Crippen molar-refractivity contribution in [2.75, 3.05) is 18.4 Å². The van der Waals surface area contributed by atoms with Gasteiger partial charge in [0.05, 0.1) is 18.6 Å². The van der Waals surface area contributed by atoms with Crippen molar-refractivity contribution in [3.63, 3.8) is 0 Å². The number of amidine groups is 1. The normalized spacial score (nSPS) is 17.7. The maximum Gasteiger partial charge on any atom is 0.275 e. The summed E-state index contributed by atoms with van der Waals surface area (Å²) in [5.41, 5.74) is 3.59. The highest BCUT2D eigenvalue weighted by Crippen LogP contribution is 2.29. The molecule has 1 fully saturated rings. The number of hydrogen-bond donors (Lipinski definition) is 1. The molecule has 7 nitrogen and oxygen atoms in total.